The molecular weight excluding hydrogens is 415 g/mol. The number of aromatic nitrogens is 3. The topological polar surface area (TPSA) is 47.8 Å². The van der Waals surface area contributed by atoms with E-state index in [-0.39, 0.29) is 22.6 Å². The Balaban J connectivity index is 1.93. The Labute approximate surface area is 173 Å². The van der Waals surface area contributed by atoms with E-state index in [4.69, 9.17) is 11.6 Å². The molecule has 0 spiro atoms. The van der Waals surface area contributed by atoms with E-state index >= 15 is 0 Å². The molecule has 0 amide bonds. The van der Waals surface area contributed by atoms with Gasteiger partial charge in [0.2, 0.25) is 0 Å². The van der Waals surface area contributed by atoms with Crippen LogP contribution in [0.25, 0.3) is 28.7 Å². The molecule has 0 N–H and O–H groups in total. The van der Waals surface area contributed by atoms with E-state index in [1.54, 1.807) is 30.3 Å². The summed E-state index contributed by atoms with van der Waals surface area (Å²) < 4.78 is 40.8. The first kappa shape index (κ1) is 19.8. The van der Waals surface area contributed by atoms with Crippen molar-refractivity contribution in [1.29, 1.82) is 0 Å². The number of para-hydroxylation sites is 1. The fourth-order valence-electron chi connectivity index (χ4n) is 3.00. The molecule has 0 aliphatic rings. The highest BCUT2D eigenvalue weighted by Gasteiger charge is 2.14. The van der Waals surface area contributed by atoms with Crippen LogP contribution in [0.3, 0.4) is 0 Å². The van der Waals surface area contributed by atoms with Gasteiger partial charge in [0.1, 0.15) is 17.3 Å². The second-order valence-corrected chi connectivity index (χ2v) is 6.75. The molecule has 0 aliphatic carbocycles. The summed E-state index contributed by atoms with van der Waals surface area (Å²) in [5.41, 5.74) is 0.0477. The number of hydrogen-bond acceptors (Lipinski definition) is 3. The highest BCUT2D eigenvalue weighted by Crippen LogP contribution is 2.22. The number of halogens is 4. The minimum Gasteiger partial charge on any atom is -0.268 e. The number of fused-ring (bicyclic) bond motifs is 1. The van der Waals surface area contributed by atoms with E-state index in [0.717, 1.165) is 6.07 Å². The predicted octanol–water partition coefficient (Wildman–Crippen LogP) is 5.68. The average Bonchev–Trinajstić information content (AvgIpc) is 2.74. The minimum absolute atomic E-state index is 0.0879. The van der Waals surface area contributed by atoms with Gasteiger partial charge in [0.15, 0.2) is 0 Å². The van der Waals surface area contributed by atoms with Crippen molar-refractivity contribution < 1.29 is 13.2 Å². The molecule has 4 nitrogen and oxygen atoms in total. The van der Waals surface area contributed by atoms with E-state index in [0.29, 0.717) is 16.2 Å². The van der Waals surface area contributed by atoms with E-state index in [1.165, 1.54) is 41.0 Å². The smallest absolute Gasteiger partial charge is 0.268 e. The van der Waals surface area contributed by atoms with Gasteiger partial charge < -0.3 is 0 Å². The summed E-state index contributed by atoms with van der Waals surface area (Å²) in [5, 5.41) is 0.384. The minimum atomic E-state index is -2.70. The second-order valence-electron chi connectivity index (χ2n) is 6.34. The molecule has 2 aromatic carbocycles. The lowest BCUT2D eigenvalue weighted by molar-refractivity contribution is 0.146. The van der Waals surface area contributed by atoms with Crippen molar-refractivity contribution in [1.82, 2.24) is 14.5 Å². The van der Waals surface area contributed by atoms with Gasteiger partial charge in [-0.05, 0) is 54.6 Å². The molecule has 0 aliphatic heterocycles. The molecule has 0 bridgehead atoms. The van der Waals surface area contributed by atoms with Crippen LogP contribution in [0, 0.1) is 5.82 Å². The fourth-order valence-corrected chi connectivity index (χ4v) is 3.22. The number of alkyl halides is 2. The first-order chi connectivity index (χ1) is 14.4. The summed E-state index contributed by atoms with van der Waals surface area (Å²) in [6.07, 6.45) is 0.245. The monoisotopic (exact) mass is 427 g/mol. The molecule has 4 aromatic rings. The van der Waals surface area contributed by atoms with Crippen LogP contribution < -0.4 is 5.56 Å². The lowest BCUT2D eigenvalue weighted by Gasteiger charge is -2.13. The molecule has 0 atom stereocenters. The number of rotatable bonds is 4. The average molecular weight is 428 g/mol. The maximum Gasteiger partial charge on any atom is 0.280 e. The Hall–Kier alpha value is -3.45. The van der Waals surface area contributed by atoms with Crippen molar-refractivity contribution in [3.8, 4) is 5.69 Å². The molecular formula is C22H13ClF3N3O. The standard InChI is InChI=1S/C22H13ClF3N3O/c23-16-5-1-2-7-19(16)29-20(11-9-14-4-3-6-18(27-14)21(25)26)28-17-10-8-13(24)12-15(17)22(29)30/h1-12,21H/b11-9+. The predicted molar refractivity (Wildman–Crippen MR) is 110 cm³/mol. The van der Waals surface area contributed by atoms with Gasteiger partial charge in [-0.3, -0.25) is 9.36 Å². The molecule has 0 saturated heterocycles. The van der Waals surface area contributed by atoms with Gasteiger partial charge in [-0.1, -0.05) is 29.8 Å². The van der Waals surface area contributed by atoms with Crippen molar-refractivity contribution in [2.45, 2.75) is 6.43 Å². The van der Waals surface area contributed by atoms with Gasteiger partial charge in [0.25, 0.3) is 12.0 Å². The Morgan fingerprint density at radius 2 is 1.77 bits per heavy atom. The van der Waals surface area contributed by atoms with Gasteiger partial charge in [-0.15, -0.1) is 0 Å². The summed E-state index contributed by atoms with van der Waals surface area (Å²) in [5.74, 6) is -0.375. The van der Waals surface area contributed by atoms with Crippen LogP contribution in [-0.4, -0.2) is 14.5 Å². The zero-order chi connectivity index (χ0) is 21.3. The Morgan fingerprint density at radius 1 is 0.967 bits per heavy atom. The Morgan fingerprint density at radius 3 is 2.53 bits per heavy atom. The molecule has 0 unspecified atom stereocenters. The quantitative estimate of drug-likeness (QED) is 0.421. The van der Waals surface area contributed by atoms with Crippen LogP contribution in [0.15, 0.2) is 65.5 Å². The molecule has 8 heteroatoms. The summed E-state index contributed by atoms with van der Waals surface area (Å²) in [6.45, 7) is 0. The summed E-state index contributed by atoms with van der Waals surface area (Å²) in [7, 11) is 0. The zero-order valence-electron chi connectivity index (χ0n) is 15.3. The summed E-state index contributed by atoms with van der Waals surface area (Å²) >= 11 is 6.28. The SMILES string of the molecule is O=c1c2cc(F)ccc2nc(/C=C/c2cccc(C(F)F)n2)n1-c1ccccc1Cl. The Kier molecular flexibility index (Phi) is 5.37. The summed E-state index contributed by atoms with van der Waals surface area (Å²) in [6, 6.07) is 14.6. The first-order valence-corrected chi connectivity index (χ1v) is 9.22. The number of pyridine rings is 1. The zero-order valence-corrected chi connectivity index (χ0v) is 16.0. The van der Waals surface area contributed by atoms with Crippen LogP contribution >= 0.6 is 11.6 Å². The molecule has 150 valence electrons. The fraction of sp³-hybridized carbons (Fsp3) is 0.0455. The van der Waals surface area contributed by atoms with E-state index in [2.05, 4.69) is 9.97 Å². The third kappa shape index (κ3) is 3.84. The third-order valence-corrected chi connectivity index (χ3v) is 4.69. The first-order valence-electron chi connectivity index (χ1n) is 8.84. The van der Waals surface area contributed by atoms with Gasteiger partial charge in [-0.2, -0.15) is 0 Å². The molecule has 0 saturated carbocycles. The van der Waals surface area contributed by atoms with E-state index in [1.807, 2.05) is 0 Å². The second kappa shape index (κ2) is 8.12. The van der Waals surface area contributed by atoms with Crippen LogP contribution in [0.2, 0.25) is 5.02 Å². The molecule has 30 heavy (non-hydrogen) atoms. The highest BCUT2D eigenvalue weighted by molar-refractivity contribution is 6.32. The Bertz CT molecular complexity index is 1340. The van der Waals surface area contributed by atoms with Crippen molar-refractivity contribution in [2.75, 3.05) is 0 Å². The number of nitrogens with zero attached hydrogens (tertiary/aromatic N) is 3. The highest BCUT2D eigenvalue weighted by atomic mass is 35.5. The van der Waals surface area contributed by atoms with E-state index < -0.39 is 17.8 Å². The van der Waals surface area contributed by atoms with Crippen LogP contribution in [0.1, 0.15) is 23.6 Å². The third-order valence-electron chi connectivity index (χ3n) is 4.37. The molecule has 2 heterocycles. The lowest BCUT2D eigenvalue weighted by Crippen LogP contribution is -2.22. The molecule has 4 rings (SSSR count). The molecule has 0 radical (unpaired) electrons. The van der Waals surface area contributed by atoms with Gasteiger partial charge in [-0.25, -0.2) is 23.1 Å². The van der Waals surface area contributed by atoms with Gasteiger partial charge in [0.05, 0.1) is 27.3 Å². The number of benzene rings is 2. The largest absolute Gasteiger partial charge is 0.280 e. The maximum atomic E-state index is 13.7. The van der Waals surface area contributed by atoms with Crippen molar-refractivity contribution >= 4 is 34.7 Å². The van der Waals surface area contributed by atoms with Crippen LogP contribution in [0.5, 0.6) is 0 Å². The maximum absolute atomic E-state index is 13.7. The molecule has 2 aromatic heterocycles. The van der Waals surface area contributed by atoms with Gasteiger partial charge >= 0.3 is 0 Å². The lowest BCUT2D eigenvalue weighted by atomic mass is 10.2. The van der Waals surface area contributed by atoms with E-state index in [9.17, 15) is 18.0 Å². The van der Waals surface area contributed by atoms with Crippen molar-refractivity contribution in [3.05, 3.63) is 99.1 Å². The normalized spacial score (nSPS) is 11.6. The van der Waals surface area contributed by atoms with Crippen LogP contribution in [-0.2, 0) is 0 Å². The van der Waals surface area contributed by atoms with Gasteiger partial charge in [0, 0.05) is 0 Å². The number of hydrogen-bond donors (Lipinski definition) is 0. The van der Waals surface area contributed by atoms with Crippen molar-refractivity contribution in [3.63, 3.8) is 0 Å². The van der Waals surface area contributed by atoms with Crippen molar-refractivity contribution in [2.24, 2.45) is 0 Å². The van der Waals surface area contributed by atoms with Crippen LogP contribution in [0.4, 0.5) is 13.2 Å². The summed E-state index contributed by atoms with van der Waals surface area (Å²) in [4.78, 5) is 21.5. The molecule has 0 fully saturated rings.